The zero-order valence-electron chi connectivity index (χ0n) is 4.46. The molecule has 0 atom stereocenters. The summed E-state index contributed by atoms with van der Waals surface area (Å²) < 4.78 is 0. The molecule has 0 radical (unpaired) electrons. The van der Waals surface area contributed by atoms with Crippen molar-refractivity contribution in [3.63, 3.8) is 0 Å². The van der Waals surface area contributed by atoms with E-state index in [1.165, 1.54) is 12.1 Å². The molecule has 4 heteroatoms. The number of carboxylic acids is 1. The van der Waals surface area contributed by atoms with Crippen molar-refractivity contribution in [1.29, 1.82) is 0 Å². The Kier molecular flexibility index (Phi) is 1.40. The van der Waals surface area contributed by atoms with Crippen molar-refractivity contribution in [3.8, 4) is 0 Å². The van der Waals surface area contributed by atoms with Crippen molar-refractivity contribution in [2.45, 2.75) is 0 Å². The molecule has 1 aromatic rings. The van der Waals surface area contributed by atoms with Gasteiger partial charge in [-0.05, 0) is 12.1 Å². The molecule has 0 saturated heterocycles. The van der Waals surface area contributed by atoms with E-state index in [1.807, 2.05) is 0 Å². The van der Waals surface area contributed by atoms with Crippen LogP contribution in [0.25, 0.3) is 0 Å². The number of nitrogens with two attached hydrogens (primary N) is 1. The van der Waals surface area contributed by atoms with Crippen LogP contribution in [-0.2, 0) is 0 Å². The largest absolute Gasteiger partial charge is 0.544 e. The second-order valence-electron chi connectivity index (χ2n) is 1.49. The third-order valence-electron chi connectivity index (χ3n) is 0.828. The predicted octanol–water partition coefficient (Wildman–Crippen LogP) is -0.306. The Balaban J connectivity index is 2.98. The predicted molar refractivity (Wildman–Crippen MR) is 33.1 cm³/mol. The summed E-state index contributed by atoms with van der Waals surface area (Å²) in [4.78, 5) is 10.2. The highest BCUT2D eigenvalue weighted by molar-refractivity contribution is 7.17. The first-order valence-corrected chi connectivity index (χ1v) is 3.08. The highest BCUT2D eigenvalue weighted by Gasteiger charge is 1.94. The van der Waals surface area contributed by atoms with E-state index >= 15 is 0 Å². The first kappa shape index (κ1) is 6.10. The van der Waals surface area contributed by atoms with Crippen LogP contribution in [0.2, 0.25) is 0 Å². The summed E-state index contributed by atoms with van der Waals surface area (Å²) >= 11 is 1.01. The first-order chi connectivity index (χ1) is 4.20. The monoisotopic (exact) mass is 142 g/mol. The molecule has 1 aromatic heterocycles. The lowest BCUT2D eigenvalue weighted by Gasteiger charge is -1.92. The van der Waals surface area contributed by atoms with E-state index in [0.717, 1.165) is 11.3 Å². The maximum Gasteiger partial charge on any atom is 0.0863 e. The van der Waals surface area contributed by atoms with Crippen molar-refractivity contribution >= 4 is 22.3 Å². The average molecular weight is 142 g/mol. The summed E-state index contributed by atoms with van der Waals surface area (Å²) in [5, 5.41) is 10.6. The van der Waals surface area contributed by atoms with Gasteiger partial charge >= 0.3 is 0 Å². The van der Waals surface area contributed by atoms with Crippen LogP contribution in [-0.4, -0.2) is 5.97 Å². The molecule has 0 aromatic carbocycles. The van der Waals surface area contributed by atoms with Crippen LogP contribution < -0.4 is 10.8 Å². The second kappa shape index (κ2) is 2.06. The zero-order valence-corrected chi connectivity index (χ0v) is 5.27. The van der Waals surface area contributed by atoms with Crippen molar-refractivity contribution in [3.05, 3.63) is 17.0 Å². The van der Waals surface area contributed by atoms with Crippen LogP contribution in [0.5, 0.6) is 0 Å². The molecule has 9 heavy (non-hydrogen) atoms. The fourth-order valence-corrected chi connectivity index (χ4v) is 1.07. The molecule has 0 fully saturated rings. The maximum absolute atomic E-state index is 10.1. The first-order valence-electron chi connectivity index (χ1n) is 2.27. The van der Waals surface area contributed by atoms with Crippen molar-refractivity contribution in [2.75, 3.05) is 5.73 Å². The lowest BCUT2D eigenvalue weighted by Crippen LogP contribution is -2.20. The summed E-state index contributed by atoms with van der Waals surface area (Å²) in [6.07, 6.45) is 0. The summed E-state index contributed by atoms with van der Waals surface area (Å²) in [5.41, 5.74) is 5.24. The summed E-state index contributed by atoms with van der Waals surface area (Å²) in [5.74, 6) is -1.17. The van der Waals surface area contributed by atoms with Gasteiger partial charge in [0.15, 0.2) is 0 Å². The minimum absolute atomic E-state index is 0.174. The van der Waals surface area contributed by atoms with Crippen LogP contribution in [0, 0.1) is 0 Å². The highest BCUT2D eigenvalue weighted by Crippen LogP contribution is 2.16. The van der Waals surface area contributed by atoms with E-state index in [4.69, 9.17) is 5.73 Å². The van der Waals surface area contributed by atoms with Crippen molar-refractivity contribution in [1.82, 2.24) is 0 Å². The average Bonchev–Trinajstić information content (AvgIpc) is 2.14. The standard InChI is InChI=1S/C5H5NO2S/c6-4-2-1-3(9-4)5(7)8/h1-2H,6H2,(H,7,8)/p-1. The summed E-state index contributed by atoms with van der Waals surface area (Å²) in [6, 6.07) is 2.96. The van der Waals surface area contributed by atoms with Gasteiger partial charge in [0.05, 0.1) is 15.8 Å². The molecule has 0 spiro atoms. The molecule has 3 nitrogen and oxygen atoms in total. The molecule has 0 saturated carbocycles. The van der Waals surface area contributed by atoms with Crippen molar-refractivity contribution in [2.24, 2.45) is 0 Å². The highest BCUT2D eigenvalue weighted by atomic mass is 32.1. The molecule has 0 aliphatic carbocycles. The topological polar surface area (TPSA) is 66.2 Å². The zero-order chi connectivity index (χ0) is 6.85. The molecule has 2 N–H and O–H groups in total. The molecule has 48 valence electrons. The molecular weight excluding hydrogens is 138 g/mol. The van der Waals surface area contributed by atoms with Gasteiger partial charge in [0, 0.05) is 0 Å². The number of carboxylic acid groups (broad SMARTS) is 1. The fraction of sp³-hybridized carbons (Fsp3) is 0. The SMILES string of the molecule is Nc1ccc(C(=O)[O-])s1. The number of hydrogen-bond acceptors (Lipinski definition) is 4. The molecular formula is C5H4NO2S-. The van der Waals surface area contributed by atoms with Gasteiger partial charge in [-0.3, -0.25) is 0 Å². The lowest BCUT2D eigenvalue weighted by atomic mass is 10.5. The van der Waals surface area contributed by atoms with Gasteiger partial charge in [0.2, 0.25) is 0 Å². The number of carbonyl (C=O) groups is 1. The van der Waals surface area contributed by atoms with Crippen LogP contribution in [0.3, 0.4) is 0 Å². The molecule has 0 unspecified atom stereocenters. The summed E-state index contributed by atoms with van der Waals surface area (Å²) in [6.45, 7) is 0. The fourth-order valence-electron chi connectivity index (χ4n) is 0.463. The van der Waals surface area contributed by atoms with Gasteiger partial charge in [-0.2, -0.15) is 0 Å². The Morgan fingerprint density at radius 3 is 2.56 bits per heavy atom. The van der Waals surface area contributed by atoms with Crippen molar-refractivity contribution < 1.29 is 9.90 Å². The van der Waals surface area contributed by atoms with E-state index in [0.29, 0.717) is 5.00 Å². The maximum atomic E-state index is 10.1. The Bertz CT molecular complexity index is 231. The van der Waals surface area contributed by atoms with Gasteiger partial charge in [0.25, 0.3) is 0 Å². The minimum atomic E-state index is -1.17. The number of anilines is 1. The third-order valence-corrected chi connectivity index (χ3v) is 1.72. The van der Waals surface area contributed by atoms with E-state index < -0.39 is 5.97 Å². The van der Waals surface area contributed by atoms with Gasteiger partial charge in [-0.25, -0.2) is 0 Å². The Morgan fingerprint density at radius 1 is 1.67 bits per heavy atom. The van der Waals surface area contributed by atoms with Crippen LogP contribution >= 0.6 is 11.3 Å². The molecule has 0 aliphatic heterocycles. The number of rotatable bonds is 1. The smallest absolute Gasteiger partial charge is 0.0863 e. The quantitative estimate of drug-likeness (QED) is 0.585. The van der Waals surface area contributed by atoms with Gasteiger partial charge in [-0.1, -0.05) is 0 Å². The van der Waals surface area contributed by atoms with E-state index in [-0.39, 0.29) is 4.88 Å². The number of hydrogen-bond donors (Lipinski definition) is 1. The van der Waals surface area contributed by atoms with Gasteiger partial charge in [-0.15, -0.1) is 11.3 Å². The molecule has 0 bridgehead atoms. The number of aromatic carboxylic acids is 1. The lowest BCUT2D eigenvalue weighted by molar-refractivity contribution is -0.254. The molecule has 0 amide bonds. The van der Waals surface area contributed by atoms with Crippen LogP contribution in [0.15, 0.2) is 12.1 Å². The van der Waals surface area contributed by atoms with Crippen LogP contribution in [0.4, 0.5) is 5.00 Å². The molecule has 0 aliphatic rings. The van der Waals surface area contributed by atoms with E-state index in [2.05, 4.69) is 0 Å². The normalized spacial score (nSPS) is 9.33. The third kappa shape index (κ3) is 1.20. The van der Waals surface area contributed by atoms with E-state index in [9.17, 15) is 9.90 Å². The Hall–Kier alpha value is -1.03. The second-order valence-corrected chi connectivity index (χ2v) is 2.60. The Morgan fingerprint density at radius 2 is 2.33 bits per heavy atom. The summed E-state index contributed by atoms with van der Waals surface area (Å²) in [7, 11) is 0. The van der Waals surface area contributed by atoms with E-state index in [1.54, 1.807) is 0 Å². The van der Waals surface area contributed by atoms with Gasteiger partial charge < -0.3 is 15.6 Å². The molecule has 1 rings (SSSR count). The van der Waals surface area contributed by atoms with Crippen LogP contribution in [0.1, 0.15) is 9.67 Å². The Labute approximate surface area is 55.7 Å². The number of carbonyl (C=O) groups excluding carboxylic acids is 1. The number of nitrogen functional groups attached to an aromatic ring is 1. The molecule has 1 heterocycles. The number of thiophene rings is 1. The van der Waals surface area contributed by atoms with Gasteiger partial charge in [0.1, 0.15) is 0 Å². The minimum Gasteiger partial charge on any atom is -0.544 e.